The zero-order valence-electron chi connectivity index (χ0n) is 18.7. The van der Waals surface area contributed by atoms with Crippen molar-refractivity contribution in [3.63, 3.8) is 0 Å². The quantitative estimate of drug-likeness (QED) is 0.474. The number of urea groups is 1. The summed E-state index contributed by atoms with van der Waals surface area (Å²) in [5.74, 6) is -1.07. The molecule has 0 saturated carbocycles. The number of rotatable bonds is 8. The zero-order valence-corrected chi connectivity index (χ0v) is 18.7. The predicted molar refractivity (Wildman–Crippen MR) is 125 cm³/mol. The average Bonchev–Trinajstić information content (AvgIpc) is 2.78. The number of fused-ring (bicyclic) bond motifs is 1. The molecule has 1 heterocycles. The second-order valence-electron chi connectivity index (χ2n) is 8.79. The number of carbonyl (C=O) groups excluding carboxylic acids is 2. The summed E-state index contributed by atoms with van der Waals surface area (Å²) in [6.45, 7) is 4.96. The van der Waals surface area contributed by atoms with E-state index in [9.17, 15) is 19.6 Å². The van der Waals surface area contributed by atoms with E-state index in [1.165, 1.54) is 5.56 Å². The molecular weight excluding hydrogens is 405 g/mol. The minimum Gasteiger partial charge on any atom is -0.426 e. The van der Waals surface area contributed by atoms with Gasteiger partial charge >= 0.3 is 13.1 Å². The first-order chi connectivity index (χ1) is 15.3. The Morgan fingerprint density at radius 3 is 2.31 bits per heavy atom. The van der Waals surface area contributed by atoms with Crippen molar-refractivity contribution < 1.29 is 19.6 Å². The Morgan fingerprint density at radius 1 is 1.00 bits per heavy atom. The summed E-state index contributed by atoms with van der Waals surface area (Å²) >= 11 is 0. The Bertz CT molecular complexity index is 907. The van der Waals surface area contributed by atoms with Gasteiger partial charge in [0.25, 0.3) is 0 Å². The van der Waals surface area contributed by atoms with Gasteiger partial charge in [0, 0.05) is 19.5 Å². The second kappa shape index (κ2) is 11.2. The fourth-order valence-corrected chi connectivity index (χ4v) is 4.01. The second-order valence-corrected chi connectivity index (χ2v) is 8.79. The lowest BCUT2D eigenvalue weighted by Gasteiger charge is -2.31. The molecule has 2 aromatic rings. The Morgan fingerprint density at radius 2 is 1.66 bits per heavy atom. The third-order valence-electron chi connectivity index (χ3n) is 5.73. The lowest BCUT2D eigenvalue weighted by atomic mass is 9.75. The van der Waals surface area contributed by atoms with Crippen molar-refractivity contribution in [2.75, 3.05) is 6.54 Å². The minimum atomic E-state index is -1.67. The van der Waals surface area contributed by atoms with Crippen LogP contribution in [-0.2, 0) is 24.2 Å². The van der Waals surface area contributed by atoms with Gasteiger partial charge in [-0.05, 0) is 35.4 Å². The highest BCUT2D eigenvalue weighted by molar-refractivity contribution is 6.43. The first-order valence-electron chi connectivity index (χ1n) is 11.2. The molecule has 0 aromatic heterocycles. The van der Waals surface area contributed by atoms with E-state index in [2.05, 4.69) is 16.7 Å². The SMILES string of the molecule is CC(C)C[C@H](NC(=O)[C@H](Cc1ccccc1)NC(=O)N1CCc2ccccc2C1)B(O)O. The number of nitrogens with one attached hydrogen (secondary N) is 2. The van der Waals surface area contributed by atoms with E-state index in [-0.39, 0.29) is 11.9 Å². The van der Waals surface area contributed by atoms with Crippen LogP contribution >= 0.6 is 0 Å². The molecule has 0 bridgehead atoms. The van der Waals surface area contributed by atoms with E-state index in [4.69, 9.17) is 0 Å². The Kier molecular flexibility index (Phi) is 8.30. The van der Waals surface area contributed by atoms with Gasteiger partial charge in [0.15, 0.2) is 0 Å². The monoisotopic (exact) mass is 437 g/mol. The summed E-state index contributed by atoms with van der Waals surface area (Å²) in [5.41, 5.74) is 3.25. The van der Waals surface area contributed by atoms with Crippen LogP contribution in [0.15, 0.2) is 54.6 Å². The van der Waals surface area contributed by atoms with E-state index in [1.54, 1.807) is 4.90 Å². The van der Waals surface area contributed by atoms with E-state index < -0.39 is 25.0 Å². The maximum absolute atomic E-state index is 13.1. The number of hydrogen-bond donors (Lipinski definition) is 4. The molecule has 3 rings (SSSR count). The highest BCUT2D eigenvalue weighted by Crippen LogP contribution is 2.18. The lowest BCUT2D eigenvalue weighted by molar-refractivity contribution is -0.123. The molecule has 1 aliphatic rings. The van der Waals surface area contributed by atoms with Gasteiger partial charge in [0.05, 0.1) is 5.94 Å². The maximum Gasteiger partial charge on any atom is 0.475 e. The Balaban J connectivity index is 1.72. The van der Waals surface area contributed by atoms with Gasteiger partial charge in [-0.1, -0.05) is 68.4 Å². The first-order valence-corrected chi connectivity index (χ1v) is 11.2. The summed E-state index contributed by atoms with van der Waals surface area (Å²) in [7, 11) is -1.67. The predicted octanol–water partition coefficient (Wildman–Crippen LogP) is 1.91. The summed E-state index contributed by atoms with van der Waals surface area (Å²) < 4.78 is 0. The van der Waals surface area contributed by atoms with Crippen LogP contribution in [0.3, 0.4) is 0 Å². The molecule has 2 aromatic carbocycles. The molecule has 170 valence electrons. The molecule has 0 aliphatic carbocycles. The van der Waals surface area contributed by atoms with Crippen LogP contribution in [-0.4, -0.2) is 52.5 Å². The Labute approximate surface area is 190 Å². The van der Waals surface area contributed by atoms with Crippen LogP contribution in [0.1, 0.15) is 37.0 Å². The number of carbonyl (C=O) groups is 2. The summed E-state index contributed by atoms with van der Waals surface area (Å²) in [5, 5.41) is 25.0. The molecule has 4 N–H and O–H groups in total. The van der Waals surface area contributed by atoms with Crippen molar-refractivity contribution >= 4 is 19.1 Å². The largest absolute Gasteiger partial charge is 0.475 e. The number of hydrogen-bond acceptors (Lipinski definition) is 4. The van der Waals surface area contributed by atoms with Crippen LogP contribution in [0.2, 0.25) is 0 Å². The normalized spacial score (nSPS) is 15.0. The van der Waals surface area contributed by atoms with Crippen molar-refractivity contribution in [2.45, 2.75) is 51.6 Å². The van der Waals surface area contributed by atoms with E-state index in [0.29, 0.717) is 25.9 Å². The van der Waals surface area contributed by atoms with Gasteiger partial charge in [-0.15, -0.1) is 0 Å². The average molecular weight is 437 g/mol. The van der Waals surface area contributed by atoms with Gasteiger partial charge < -0.3 is 25.6 Å². The highest BCUT2D eigenvalue weighted by Gasteiger charge is 2.31. The summed E-state index contributed by atoms with van der Waals surface area (Å²) in [6, 6.07) is 16.4. The molecule has 0 unspecified atom stereocenters. The van der Waals surface area contributed by atoms with Crippen molar-refractivity contribution in [2.24, 2.45) is 5.92 Å². The molecule has 7 nitrogen and oxygen atoms in total. The van der Waals surface area contributed by atoms with Crippen LogP contribution in [0.5, 0.6) is 0 Å². The van der Waals surface area contributed by atoms with Crippen molar-refractivity contribution in [3.05, 3.63) is 71.3 Å². The molecule has 32 heavy (non-hydrogen) atoms. The summed E-state index contributed by atoms with van der Waals surface area (Å²) in [4.78, 5) is 27.8. The smallest absolute Gasteiger partial charge is 0.426 e. The molecule has 8 heteroatoms. The fraction of sp³-hybridized carbons (Fsp3) is 0.417. The van der Waals surface area contributed by atoms with Gasteiger partial charge in [0.1, 0.15) is 6.04 Å². The summed E-state index contributed by atoms with van der Waals surface area (Å²) in [6.07, 6.45) is 1.49. The number of benzene rings is 2. The topological polar surface area (TPSA) is 102 Å². The third kappa shape index (κ3) is 6.58. The highest BCUT2D eigenvalue weighted by atomic mass is 16.4. The van der Waals surface area contributed by atoms with Crippen molar-refractivity contribution in [1.82, 2.24) is 15.5 Å². The van der Waals surface area contributed by atoms with Crippen LogP contribution < -0.4 is 10.6 Å². The van der Waals surface area contributed by atoms with Crippen LogP contribution in [0.25, 0.3) is 0 Å². The van der Waals surface area contributed by atoms with Crippen LogP contribution in [0.4, 0.5) is 4.79 Å². The molecule has 3 amide bonds. The molecule has 0 radical (unpaired) electrons. The van der Waals surface area contributed by atoms with E-state index in [0.717, 1.165) is 17.5 Å². The van der Waals surface area contributed by atoms with Gasteiger partial charge in [-0.2, -0.15) is 0 Å². The fourth-order valence-electron chi connectivity index (χ4n) is 4.01. The van der Waals surface area contributed by atoms with Gasteiger partial charge in [-0.3, -0.25) is 4.79 Å². The Hall–Kier alpha value is -2.84. The van der Waals surface area contributed by atoms with E-state index >= 15 is 0 Å². The number of nitrogens with zero attached hydrogens (tertiary/aromatic N) is 1. The lowest BCUT2D eigenvalue weighted by Crippen LogP contribution is -2.57. The van der Waals surface area contributed by atoms with Crippen molar-refractivity contribution in [1.29, 1.82) is 0 Å². The number of amides is 3. The third-order valence-corrected chi connectivity index (χ3v) is 5.73. The standard InChI is InChI=1S/C24H32BN3O4/c1-17(2)14-22(25(31)32)27-23(29)21(15-18-8-4-3-5-9-18)26-24(30)28-13-12-19-10-6-7-11-20(19)16-28/h3-11,17,21-22,31-32H,12-16H2,1-2H3,(H,26,30)(H,27,29)/t21-,22-/m0/s1. The molecule has 2 atom stereocenters. The first kappa shape index (κ1) is 23.8. The molecule has 1 aliphatic heterocycles. The zero-order chi connectivity index (χ0) is 23.1. The minimum absolute atomic E-state index is 0.165. The van der Waals surface area contributed by atoms with Crippen molar-refractivity contribution in [3.8, 4) is 0 Å². The molecule has 0 fully saturated rings. The van der Waals surface area contributed by atoms with E-state index in [1.807, 2.05) is 62.4 Å². The van der Waals surface area contributed by atoms with Crippen LogP contribution in [0, 0.1) is 5.92 Å². The molecular formula is C24H32BN3O4. The van der Waals surface area contributed by atoms with Gasteiger partial charge in [0.2, 0.25) is 5.91 Å². The molecule has 0 saturated heterocycles. The van der Waals surface area contributed by atoms with Gasteiger partial charge in [-0.25, -0.2) is 4.79 Å². The maximum atomic E-state index is 13.1. The molecule has 0 spiro atoms.